The van der Waals surface area contributed by atoms with E-state index in [4.69, 9.17) is 0 Å². The van der Waals surface area contributed by atoms with E-state index in [0.717, 1.165) is 0 Å². The summed E-state index contributed by atoms with van der Waals surface area (Å²) in [6.07, 6.45) is -10.0. The molecular weight excluding hydrogens is 340 g/mol. The SMILES string of the molecule is CC(C)(CCC(F)(F)F)CC(C)(C)CCC(F)(F)F.[SiH3]N[SiH3]. The van der Waals surface area contributed by atoms with Gasteiger partial charge < -0.3 is 4.65 Å². The molecule has 0 rings (SSSR count). The lowest BCUT2D eigenvalue weighted by Gasteiger charge is -2.35. The van der Waals surface area contributed by atoms with E-state index in [1.165, 1.54) is 20.8 Å². The zero-order chi connectivity index (χ0) is 18.2. The molecule has 22 heavy (non-hydrogen) atoms. The van der Waals surface area contributed by atoms with Crippen molar-refractivity contribution in [1.82, 2.24) is 4.65 Å². The van der Waals surface area contributed by atoms with Crippen molar-refractivity contribution in [2.75, 3.05) is 0 Å². The Morgan fingerprint density at radius 2 is 0.864 bits per heavy atom. The first-order valence-corrected chi connectivity index (χ1v) is 9.26. The van der Waals surface area contributed by atoms with Crippen LogP contribution >= 0.6 is 0 Å². The maximum Gasteiger partial charge on any atom is 0.389 e. The maximum absolute atomic E-state index is 12.2. The summed E-state index contributed by atoms with van der Waals surface area (Å²) in [5.74, 6) is 0. The molecule has 136 valence electrons. The molecule has 0 atom stereocenters. The Bertz CT molecular complexity index is 272. The van der Waals surface area contributed by atoms with Crippen molar-refractivity contribution in [1.29, 1.82) is 0 Å². The average Bonchev–Trinajstić information content (AvgIpc) is 2.22. The van der Waals surface area contributed by atoms with Crippen LogP contribution < -0.4 is 4.65 Å². The predicted octanol–water partition coefficient (Wildman–Crippen LogP) is 3.25. The van der Waals surface area contributed by atoms with Gasteiger partial charge in [-0.25, -0.2) is 0 Å². The fraction of sp³-hybridized carbons (Fsp3) is 1.00. The van der Waals surface area contributed by atoms with Crippen molar-refractivity contribution in [2.24, 2.45) is 10.8 Å². The van der Waals surface area contributed by atoms with Gasteiger partial charge in [0.1, 0.15) is 0 Å². The normalized spacial score (nSPS) is 13.9. The largest absolute Gasteiger partial charge is 0.389 e. The molecule has 0 aliphatic carbocycles. The molecule has 0 aromatic heterocycles. The second-order valence-corrected chi connectivity index (χ2v) is 11.2. The van der Waals surface area contributed by atoms with Gasteiger partial charge in [0.05, 0.1) is 20.8 Å². The van der Waals surface area contributed by atoms with Crippen LogP contribution in [0.2, 0.25) is 0 Å². The summed E-state index contributed by atoms with van der Waals surface area (Å²) in [4.78, 5) is 0. The van der Waals surface area contributed by atoms with Crippen molar-refractivity contribution < 1.29 is 26.3 Å². The van der Waals surface area contributed by atoms with Crippen LogP contribution in [-0.4, -0.2) is 33.2 Å². The van der Waals surface area contributed by atoms with E-state index in [-0.39, 0.29) is 12.8 Å². The Balaban J connectivity index is 0. The molecule has 0 saturated heterocycles. The van der Waals surface area contributed by atoms with Crippen LogP contribution in [0.3, 0.4) is 0 Å². The topological polar surface area (TPSA) is 12.0 Å². The number of alkyl halides is 6. The van der Waals surface area contributed by atoms with Gasteiger partial charge in [0.2, 0.25) is 0 Å². The molecule has 0 aliphatic heterocycles. The van der Waals surface area contributed by atoms with Gasteiger partial charge in [-0.1, -0.05) is 27.7 Å². The highest BCUT2D eigenvalue weighted by Crippen LogP contribution is 2.42. The molecule has 0 spiro atoms. The molecule has 0 fully saturated rings. The molecule has 9 heteroatoms. The molecule has 0 radical (unpaired) electrons. The summed E-state index contributed by atoms with van der Waals surface area (Å²) in [6, 6.07) is 0. The number of rotatable bonds is 6. The van der Waals surface area contributed by atoms with Crippen LogP contribution in [0.1, 0.15) is 59.8 Å². The molecule has 1 nitrogen and oxygen atoms in total. The molecule has 0 aromatic rings. The van der Waals surface area contributed by atoms with Gasteiger partial charge in [-0.05, 0) is 30.1 Å². The van der Waals surface area contributed by atoms with Crippen molar-refractivity contribution >= 4 is 20.8 Å². The fourth-order valence-electron chi connectivity index (χ4n) is 2.43. The Labute approximate surface area is 135 Å². The maximum atomic E-state index is 12.2. The third-order valence-corrected chi connectivity index (χ3v) is 3.13. The Morgan fingerprint density at radius 1 is 0.636 bits per heavy atom. The van der Waals surface area contributed by atoms with E-state index in [1.807, 2.05) is 0 Å². The van der Waals surface area contributed by atoms with Gasteiger partial charge in [-0.15, -0.1) is 0 Å². The number of hydrogen-bond donors (Lipinski definition) is 1. The predicted molar refractivity (Wildman–Crippen MR) is 85.8 cm³/mol. The summed E-state index contributed by atoms with van der Waals surface area (Å²) < 4.78 is 76.1. The van der Waals surface area contributed by atoms with E-state index in [2.05, 4.69) is 4.65 Å². The van der Waals surface area contributed by atoms with Gasteiger partial charge in [0, 0.05) is 12.8 Å². The van der Waals surface area contributed by atoms with Gasteiger partial charge in [-0.3, -0.25) is 0 Å². The minimum Gasteiger partial charge on any atom is -0.374 e. The minimum atomic E-state index is -4.21. The first-order valence-electron chi connectivity index (χ1n) is 7.26. The van der Waals surface area contributed by atoms with Crippen molar-refractivity contribution in [3.8, 4) is 0 Å². The van der Waals surface area contributed by atoms with Crippen LogP contribution in [0.5, 0.6) is 0 Å². The van der Waals surface area contributed by atoms with Crippen molar-refractivity contribution in [3.05, 3.63) is 0 Å². The number of halogens is 6. The third kappa shape index (κ3) is 18.0. The summed E-state index contributed by atoms with van der Waals surface area (Å²) in [6.45, 7) is 6.70. The van der Waals surface area contributed by atoms with Gasteiger partial charge in [0.25, 0.3) is 0 Å². The standard InChI is InChI=1S/C13H22F6.H7NSi2/c1-10(2,5-7-12(14,15)16)9-11(3,4)6-8-13(17,18)19;2-1-3/h5-9H2,1-4H3;1H,2-3H3. The van der Waals surface area contributed by atoms with E-state index >= 15 is 0 Å². The smallest absolute Gasteiger partial charge is 0.374 e. The van der Waals surface area contributed by atoms with Crippen LogP contribution in [0, 0.1) is 10.8 Å². The lowest BCUT2D eigenvalue weighted by molar-refractivity contribution is -0.143. The van der Waals surface area contributed by atoms with Gasteiger partial charge >= 0.3 is 12.4 Å². The number of hydrogen-bond acceptors (Lipinski definition) is 1. The van der Waals surface area contributed by atoms with Crippen molar-refractivity contribution in [2.45, 2.75) is 72.2 Å². The van der Waals surface area contributed by atoms with Crippen LogP contribution in [0.4, 0.5) is 26.3 Å². The first-order chi connectivity index (χ1) is 9.54. The van der Waals surface area contributed by atoms with Gasteiger partial charge in [-0.2, -0.15) is 26.3 Å². The summed E-state index contributed by atoms with van der Waals surface area (Å²) in [5.41, 5.74) is -1.24. The zero-order valence-corrected chi connectivity index (χ0v) is 18.3. The van der Waals surface area contributed by atoms with Crippen LogP contribution in [-0.2, 0) is 0 Å². The lowest BCUT2D eigenvalue weighted by atomic mass is 9.71. The highest BCUT2D eigenvalue weighted by Gasteiger charge is 2.36. The first kappa shape index (κ1) is 24.2. The molecule has 0 bridgehead atoms. The Hall–Kier alpha value is -0.0262. The molecule has 0 unspecified atom stereocenters. The molecule has 0 amide bonds. The van der Waals surface area contributed by atoms with Gasteiger partial charge in [0.15, 0.2) is 0 Å². The zero-order valence-electron chi connectivity index (χ0n) is 14.3. The monoisotopic (exact) mass is 369 g/mol. The molecule has 0 heterocycles. The molecule has 0 saturated carbocycles. The third-order valence-electron chi connectivity index (χ3n) is 3.13. The summed E-state index contributed by atoms with van der Waals surface area (Å²) in [7, 11) is 2.36. The second kappa shape index (κ2) is 9.31. The second-order valence-electron chi connectivity index (χ2n) is 7.24. The van der Waals surface area contributed by atoms with Crippen LogP contribution in [0.15, 0.2) is 0 Å². The quantitative estimate of drug-likeness (QED) is 0.560. The Kier molecular flexibility index (Phi) is 10.3. The average molecular weight is 370 g/mol. The molecule has 0 aromatic carbocycles. The highest BCUT2D eigenvalue weighted by molar-refractivity contribution is 6.25. The van der Waals surface area contributed by atoms with Crippen molar-refractivity contribution in [3.63, 3.8) is 0 Å². The van der Waals surface area contributed by atoms with E-state index < -0.39 is 36.0 Å². The van der Waals surface area contributed by atoms with Crippen LogP contribution in [0.25, 0.3) is 0 Å². The lowest BCUT2D eigenvalue weighted by Crippen LogP contribution is -2.26. The summed E-state index contributed by atoms with van der Waals surface area (Å²) in [5, 5.41) is 0. The number of nitrogens with one attached hydrogen (secondary N) is 1. The molecular formula is C13H29F6NSi2. The fourth-order valence-corrected chi connectivity index (χ4v) is 2.43. The molecule has 1 N–H and O–H groups in total. The Morgan fingerprint density at radius 3 is 1.05 bits per heavy atom. The summed E-state index contributed by atoms with van der Waals surface area (Å²) >= 11 is 0. The van der Waals surface area contributed by atoms with E-state index in [1.54, 1.807) is 27.7 Å². The molecule has 0 aliphatic rings. The highest BCUT2D eigenvalue weighted by atomic mass is 28.2. The van der Waals surface area contributed by atoms with E-state index in [0.29, 0.717) is 6.42 Å². The van der Waals surface area contributed by atoms with E-state index in [9.17, 15) is 26.3 Å². The minimum absolute atomic E-state index is 0.0635.